The van der Waals surface area contributed by atoms with Gasteiger partial charge in [0.2, 0.25) is 5.95 Å². The second kappa shape index (κ2) is 3.57. The van der Waals surface area contributed by atoms with E-state index in [2.05, 4.69) is 25.9 Å². The SMILES string of the molecule is CC(C)c1nc(F)c(Br)nc1C1CC1. The molecule has 0 unspecified atom stereocenters. The van der Waals surface area contributed by atoms with Crippen molar-refractivity contribution in [3.63, 3.8) is 0 Å². The molecule has 0 atom stereocenters. The molecule has 0 radical (unpaired) electrons. The molecular weight excluding hydrogens is 247 g/mol. The van der Waals surface area contributed by atoms with E-state index in [1.165, 1.54) is 0 Å². The topological polar surface area (TPSA) is 25.8 Å². The summed E-state index contributed by atoms with van der Waals surface area (Å²) in [4.78, 5) is 8.19. The van der Waals surface area contributed by atoms with Gasteiger partial charge in [-0.2, -0.15) is 4.39 Å². The molecule has 1 saturated carbocycles. The first-order chi connectivity index (χ1) is 6.59. The summed E-state index contributed by atoms with van der Waals surface area (Å²) in [5.74, 6) is 0.246. The lowest BCUT2D eigenvalue weighted by molar-refractivity contribution is 0.549. The zero-order valence-corrected chi connectivity index (χ0v) is 9.81. The Bertz CT molecular complexity index is 334. The molecule has 1 aliphatic rings. The average Bonchev–Trinajstić information content (AvgIpc) is 2.91. The molecule has 0 bridgehead atoms. The normalized spacial score (nSPS) is 16.4. The molecule has 1 heterocycles. The molecule has 2 rings (SSSR count). The highest BCUT2D eigenvalue weighted by molar-refractivity contribution is 9.10. The first-order valence-electron chi connectivity index (χ1n) is 4.82. The van der Waals surface area contributed by atoms with Crippen LogP contribution in [-0.4, -0.2) is 9.97 Å². The Morgan fingerprint density at radius 1 is 1.36 bits per heavy atom. The first-order valence-corrected chi connectivity index (χ1v) is 5.61. The fraction of sp³-hybridized carbons (Fsp3) is 0.600. The minimum Gasteiger partial charge on any atom is -0.239 e. The summed E-state index contributed by atoms with van der Waals surface area (Å²) in [5, 5.41) is 0. The van der Waals surface area contributed by atoms with E-state index in [1.807, 2.05) is 13.8 Å². The molecule has 0 aromatic carbocycles. The molecule has 1 aromatic rings. The van der Waals surface area contributed by atoms with Crippen LogP contribution in [0.2, 0.25) is 0 Å². The average molecular weight is 259 g/mol. The third-order valence-electron chi connectivity index (χ3n) is 2.38. The van der Waals surface area contributed by atoms with Crippen LogP contribution in [0.25, 0.3) is 0 Å². The maximum Gasteiger partial charge on any atom is 0.246 e. The van der Waals surface area contributed by atoms with Crippen molar-refractivity contribution < 1.29 is 4.39 Å². The van der Waals surface area contributed by atoms with Crippen molar-refractivity contribution in [1.29, 1.82) is 0 Å². The summed E-state index contributed by atoms with van der Waals surface area (Å²) < 4.78 is 13.4. The van der Waals surface area contributed by atoms with Crippen molar-refractivity contribution in [2.75, 3.05) is 0 Å². The Morgan fingerprint density at radius 3 is 2.50 bits per heavy atom. The second-order valence-corrected chi connectivity index (χ2v) is 4.76. The van der Waals surface area contributed by atoms with Gasteiger partial charge in [-0.3, -0.25) is 0 Å². The number of aromatic nitrogens is 2. The summed E-state index contributed by atoms with van der Waals surface area (Å²) in [6.07, 6.45) is 2.32. The second-order valence-electron chi connectivity index (χ2n) is 4.00. The summed E-state index contributed by atoms with van der Waals surface area (Å²) in [5.41, 5.74) is 1.79. The first kappa shape index (κ1) is 10.0. The van der Waals surface area contributed by atoms with Gasteiger partial charge in [-0.15, -0.1) is 0 Å². The smallest absolute Gasteiger partial charge is 0.239 e. The van der Waals surface area contributed by atoms with E-state index in [0.29, 0.717) is 5.92 Å². The predicted octanol–water partition coefficient (Wildman–Crippen LogP) is 3.38. The monoisotopic (exact) mass is 258 g/mol. The number of rotatable bonds is 2. The molecule has 1 fully saturated rings. The van der Waals surface area contributed by atoms with Crippen LogP contribution in [0.5, 0.6) is 0 Å². The summed E-state index contributed by atoms with van der Waals surface area (Å²) in [6.45, 7) is 4.03. The van der Waals surface area contributed by atoms with Crippen molar-refractivity contribution in [1.82, 2.24) is 9.97 Å². The van der Waals surface area contributed by atoms with E-state index in [-0.39, 0.29) is 10.5 Å². The van der Waals surface area contributed by atoms with Gasteiger partial charge in [-0.1, -0.05) is 13.8 Å². The van der Waals surface area contributed by atoms with Crippen molar-refractivity contribution >= 4 is 15.9 Å². The Morgan fingerprint density at radius 2 is 2.00 bits per heavy atom. The fourth-order valence-corrected chi connectivity index (χ4v) is 1.78. The quantitative estimate of drug-likeness (QED) is 0.813. The van der Waals surface area contributed by atoms with Crippen LogP contribution in [0.4, 0.5) is 4.39 Å². The van der Waals surface area contributed by atoms with Gasteiger partial charge in [-0.05, 0) is 34.7 Å². The van der Waals surface area contributed by atoms with Gasteiger partial charge < -0.3 is 0 Å². The van der Waals surface area contributed by atoms with Crippen LogP contribution in [0.1, 0.15) is 49.9 Å². The van der Waals surface area contributed by atoms with Crippen LogP contribution in [-0.2, 0) is 0 Å². The van der Waals surface area contributed by atoms with Crippen LogP contribution >= 0.6 is 15.9 Å². The van der Waals surface area contributed by atoms with Crippen LogP contribution in [0.15, 0.2) is 4.60 Å². The third kappa shape index (κ3) is 1.80. The Balaban J connectivity index is 2.49. The molecule has 4 heteroatoms. The van der Waals surface area contributed by atoms with Gasteiger partial charge in [0.25, 0.3) is 0 Å². The van der Waals surface area contributed by atoms with E-state index < -0.39 is 5.95 Å². The molecule has 14 heavy (non-hydrogen) atoms. The van der Waals surface area contributed by atoms with E-state index in [0.717, 1.165) is 24.2 Å². The highest BCUT2D eigenvalue weighted by Crippen LogP contribution is 2.42. The lowest BCUT2D eigenvalue weighted by Crippen LogP contribution is -2.05. The fourth-order valence-electron chi connectivity index (χ4n) is 1.50. The van der Waals surface area contributed by atoms with E-state index in [1.54, 1.807) is 0 Å². The van der Waals surface area contributed by atoms with Crippen molar-refractivity contribution in [2.24, 2.45) is 0 Å². The molecular formula is C10H12BrFN2. The molecule has 0 aliphatic heterocycles. The highest BCUT2D eigenvalue weighted by Gasteiger charge is 2.30. The van der Waals surface area contributed by atoms with Crippen LogP contribution in [0, 0.1) is 5.95 Å². The Kier molecular flexibility index (Phi) is 2.56. The lowest BCUT2D eigenvalue weighted by atomic mass is 10.1. The lowest BCUT2D eigenvalue weighted by Gasteiger charge is -2.10. The standard InChI is InChI=1S/C10H12BrFN2/c1-5(2)7-8(6-3-4-6)13-9(11)10(12)14-7/h5-6H,3-4H2,1-2H3. The third-order valence-corrected chi connectivity index (χ3v) is 2.89. The van der Waals surface area contributed by atoms with Crippen molar-refractivity contribution in [3.8, 4) is 0 Å². The Labute approximate surface area is 91.1 Å². The summed E-state index contributed by atoms with van der Waals surface area (Å²) >= 11 is 3.08. The van der Waals surface area contributed by atoms with E-state index in [9.17, 15) is 4.39 Å². The zero-order valence-electron chi connectivity index (χ0n) is 8.22. The molecule has 0 spiro atoms. The van der Waals surface area contributed by atoms with Gasteiger partial charge in [0.15, 0.2) is 4.60 Å². The molecule has 0 amide bonds. The van der Waals surface area contributed by atoms with E-state index >= 15 is 0 Å². The van der Waals surface area contributed by atoms with E-state index in [4.69, 9.17) is 0 Å². The summed E-state index contributed by atoms with van der Waals surface area (Å²) in [7, 11) is 0. The van der Waals surface area contributed by atoms with Gasteiger partial charge in [0, 0.05) is 5.92 Å². The minimum absolute atomic E-state index is 0.237. The van der Waals surface area contributed by atoms with Gasteiger partial charge in [-0.25, -0.2) is 9.97 Å². The Hall–Kier alpha value is -0.510. The predicted molar refractivity (Wildman–Crippen MR) is 55.8 cm³/mol. The van der Waals surface area contributed by atoms with Crippen molar-refractivity contribution in [3.05, 3.63) is 21.9 Å². The largest absolute Gasteiger partial charge is 0.246 e. The van der Waals surface area contributed by atoms with Crippen LogP contribution < -0.4 is 0 Å². The van der Waals surface area contributed by atoms with Gasteiger partial charge >= 0.3 is 0 Å². The number of hydrogen-bond donors (Lipinski definition) is 0. The minimum atomic E-state index is -0.502. The van der Waals surface area contributed by atoms with Crippen molar-refractivity contribution in [2.45, 2.75) is 38.5 Å². The number of hydrogen-bond acceptors (Lipinski definition) is 2. The molecule has 1 aromatic heterocycles. The van der Waals surface area contributed by atoms with Gasteiger partial charge in [0.05, 0.1) is 11.4 Å². The molecule has 1 aliphatic carbocycles. The maximum absolute atomic E-state index is 13.2. The molecule has 76 valence electrons. The molecule has 0 saturated heterocycles. The van der Waals surface area contributed by atoms with Crippen LogP contribution in [0.3, 0.4) is 0 Å². The number of nitrogens with zero attached hydrogens (tertiary/aromatic N) is 2. The van der Waals surface area contributed by atoms with Gasteiger partial charge in [0.1, 0.15) is 0 Å². The number of halogens is 2. The maximum atomic E-state index is 13.2. The molecule has 2 nitrogen and oxygen atoms in total. The zero-order chi connectivity index (χ0) is 10.3. The summed E-state index contributed by atoms with van der Waals surface area (Å²) in [6, 6.07) is 0. The molecule has 0 N–H and O–H groups in total. The highest BCUT2D eigenvalue weighted by atomic mass is 79.9.